The summed E-state index contributed by atoms with van der Waals surface area (Å²) in [4.78, 5) is 43.3. The molecule has 3 aromatic rings. The largest absolute Gasteiger partial charge is 0.466 e. The molecule has 1 N–H and O–H groups in total. The van der Waals surface area contributed by atoms with Crippen molar-refractivity contribution < 1.29 is 14.3 Å². The molecule has 9 heteroatoms. The lowest BCUT2D eigenvalue weighted by Gasteiger charge is -2.23. The minimum Gasteiger partial charge on any atom is -0.466 e. The molecule has 0 atom stereocenters. The number of carbonyl (C=O) groups excluding carboxylic acids is 2. The van der Waals surface area contributed by atoms with Crippen molar-refractivity contribution in [3.8, 4) is 0 Å². The lowest BCUT2D eigenvalue weighted by molar-refractivity contribution is -0.143. The molecule has 0 aliphatic carbocycles. The van der Waals surface area contributed by atoms with Gasteiger partial charge in [-0.2, -0.15) is 5.10 Å². The van der Waals surface area contributed by atoms with E-state index in [1.165, 1.54) is 11.7 Å². The second-order valence-corrected chi connectivity index (χ2v) is 6.89. The maximum Gasteiger partial charge on any atom is 0.307 e. The normalized spacial score (nSPS) is 10.9. The second kappa shape index (κ2) is 10.4. The topological polar surface area (TPSA) is 106 Å². The number of aromatic nitrogens is 3. The molecule has 2 heterocycles. The van der Waals surface area contributed by atoms with Crippen LogP contribution in [0.1, 0.15) is 29.4 Å². The number of fused-ring (bicyclic) bond motifs is 1. The molecule has 3 rings (SSSR count). The Bertz CT molecular complexity index is 1110. The van der Waals surface area contributed by atoms with Gasteiger partial charge in [0.25, 0.3) is 11.5 Å². The first-order valence-corrected chi connectivity index (χ1v) is 10.0. The van der Waals surface area contributed by atoms with E-state index in [2.05, 4.69) is 15.4 Å². The Balaban J connectivity index is 1.95. The predicted octanol–water partition coefficient (Wildman–Crippen LogP) is 1.56. The zero-order chi connectivity index (χ0) is 22.2. The van der Waals surface area contributed by atoms with E-state index < -0.39 is 0 Å². The average molecular weight is 423 g/mol. The highest BCUT2D eigenvalue weighted by atomic mass is 16.5. The fraction of sp³-hybridized carbons (Fsp3) is 0.318. The number of ether oxygens (including phenoxy) is 1. The Morgan fingerprint density at radius 2 is 1.94 bits per heavy atom. The predicted molar refractivity (Wildman–Crippen MR) is 115 cm³/mol. The number of hydrogen-bond donors (Lipinski definition) is 1. The van der Waals surface area contributed by atoms with Crippen molar-refractivity contribution in [1.29, 1.82) is 0 Å². The lowest BCUT2D eigenvalue weighted by Crippen LogP contribution is -2.36. The van der Waals surface area contributed by atoms with Gasteiger partial charge in [-0.15, -0.1) is 0 Å². The molecule has 1 aromatic carbocycles. The molecule has 0 fully saturated rings. The number of benzene rings is 1. The van der Waals surface area contributed by atoms with Gasteiger partial charge in [-0.05, 0) is 24.6 Å². The third-order valence-corrected chi connectivity index (χ3v) is 4.71. The van der Waals surface area contributed by atoms with E-state index in [1.807, 2.05) is 17.0 Å². The number of esters is 1. The van der Waals surface area contributed by atoms with Gasteiger partial charge in [-0.1, -0.05) is 24.3 Å². The molecule has 0 bridgehead atoms. The van der Waals surface area contributed by atoms with Gasteiger partial charge in [0.1, 0.15) is 0 Å². The summed E-state index contributed by atoms with van der Waals surface area (Å²) in [5, 5.41) is 7.80. The first-order chi connectivity index (χ1) is 15.0. The molecule has 0 saturated heterocycles. The Labute approximate surface area is 179 Å². The highest BCUT2D eigenvalue weighted by molar-refractivity contribution is 6.04. The summed E-state index contributed by atoms with van der Waals surface area (Å²) in [5.74, 6) is -0.696. The van der Waals surface area contributed by atoms with Crippen LogP contribution in [0.3, 0.4) is 0 Å². The number of amides is 1. The van der Waals surface area contributed by atoms with E-state index in [0.717, 1.165) is 5.56 Å². The molecule has 9 nitrogen and oxygen atoms in total. The van der Waals surface area contributed by atoms with Crippen molar-refractivity contribution in [3.05, 3.63) is 70.4 Å². The average Bonchev–Trinajstić information content (AvgIpc) is 2.79. The van der Waals surface area contributed by atoms with E-state index in [-0.39, 0.29) is 36.2 Å². The summed E-state index contributed by atoms with van der Waals surface area (Å²) in [6, 6.07) is 10.6. The first kappa shape index (κ1) is 22.1. The van der Waals surface area contributed by atoms with Crippen LogP contribution in [0.15, 0.2) is 53.6 Å². The van der Waals surface area contributed by atoms with Crippen LogP contribution in [0.25, 0.3) is 10.8 Å². The molecule has 1 amide bonds. The van der Waals surface area contributed by atoms with Gasteiger partial charge in [0.2, 0.25) is 0 Å². The van der Waals surface area contributed by atoms with Crippen LogP contribution >= 0.6 is 0 Å². The minimum absolute atomic E-state index is 0.0992. The monoisotopic (exact) mass is 423 g/mol. The molecular formula is C22H25N5O4. The van der Waals surface area contributed by atoms with Crippen molar-refractivity contribution in [2.45, 2.75) is 26.6 Å². The second-order valence-electron chi connectivity index (χ2n) is 6.89. The van der Waals surface area contributed by atoms with E-state index >= 15 is 0 Å². The highest BCUT2D eigenvalue weighted by Gasteiger charge is 2.18. The van der Waals surface area contributed by atoms with Gasteiger partial charge in [0.15, 0.2) is 5.69 Å². The number of rotatable bonds is 9. The van der Waals surface area contributed by atoms with Crippen LogP contribution in [0.2, 0.25) is 0 Å². The zero-order valence-electron chi connectivity index (χ0n) is 17.6. The Morgan fingerprint density at radius 1 is 1.16 bits per heavy atom. The summed E-state index contributed by atoms with van der Waals surface area (Å²) < 4.78 is 6.28. The van der Waals surface area contributed by atoms with Gasteiger partial charge < -0.3 is 10.1 Å². The number of hydrogen-bond acceptors (Lipinski definition) is 7. The smallest absolute Gasteiger partial charge is 0.307 e. The minimum atomic E-state index is -0.379. The molecule has 0 aliphatic rings. The molecule has 162 valence electrons. The Kier molecular flexibility index (Phi) is 7.45. The summed E-state index contributed by atoms with van der Waals surface area (Å²) in [6.45, 7) is 2.96. The summed E-state index contributed by atoms with van der Waals surface area (Å²) in [6.07, 6.45) is 3.57. The van der Waals surface area contributed by atoms with Crippen LogP contribution in [-0.2, 0) is 22.7 Å². The summed E-state index contributed by atoms with van der Waals surface area (Å²) in [5.41, 5.74) is 0.784. The van der Waals surface area contributed by atoms with Gasteiger partial charge >= 0.3 is 5.97 Å². The lowest BCUT2D eigenvalue weighted by atomic mass is 10.1. The number of nitrogens with zero attached hydrogens (tertiary/aromatic N) is 4. The Hall–Kier alpha value is -3.59. The van der Waals surface area contributed by atoms with E-state index in [0.29, 0.717) is 30.5 Å². The molecule has 0 radical (unpaired) electrons. The van der Waals surface area contributed by atoms with Crippen LogP contribution in [0.5, 0.6) is 0 Å². The maximum absolute atomic E-state index is 13.1. The van der Waals surface area contributed by atoms with Crippen molar-refractivity contribution in [1.82, 2.24) is 25.0 Å². The summed E-state index contributed by atoms with van der Waals surface area (Å²) in [7, 11) is 1.52. The molecule has 0 unspecified atom stereocenters. The highest BCUT2D eigenvalue weighted by Crippen LogP contribution is 2.14. The van der Waals surface area contributed by atoms with E-state index in [9.17, 15) is 14.4 Å². The van der Waals surface area contributed by atoms with Gasteiger partial charge in [-0.25, -0.2) is 4.68 Å². The van der Waals surface area contributed by atoms with Crippen molar-refractivity contribution in [2.75, 3.05) is 20.2 Å². The van der Waals surface area contributed by atoms with Crippen molar-refractivity contribution >= 4 is 22.6 Å². The third kappa shape index (κ3) is 5.52. The fourth-order valence-electron chi connectivity index (χ4n) is 3.24. The van der Waals surface area contributed by atoms with Crippen LogP contribution < -0.4 is 10.9 Å². The molecule has 0 saturated carbocycles. The van der Waals surface area contributed by atoms with Gasteiger partial charge in [-0.3, -0.25) is 24.3 Å². The molecule has 31 heavy (non-hydrogen) atoms. The standard InChI is InChI=1S/C22H25N5O4/c1-3-31-19(28)10-12-26(14-16-7-6-11-24-13-16)15-27-22(30)18-9-5-4-8-17(18)20(25-27)21(29)23-2/h4-9,11,13H,3,10,12,14-15H2,1-2H3,(H,23,29). The van der Waals surface area contributed by atoms with Crippen LogP contribution in [0, 0.1) is 0 Å². The van der Waals surface area contributed by atoms with Gasteiger partial charge in [0, 0.05) is 37.9 Å². The fourth-order valence-corrected chi connectivity index (χ4v) is 3.24. The zero-order valence-corrected chi connectivity index (χ0v) is 17.6. The number of nitrogens with one attached hydrogen (secondary N) is 1. The van der Waals surface area contributed by atoms with Crippen LogP contribution in [0.4, 0.5) is 0 Å². The molecule has 2 aromatic heterocycles. The van der Waals surface area contributed by atoms with E-state index in [4.69, 9.17) is 4.74 Å². The van der Waals surface area contributed by atoms with Gasteiger partial charge in [0.05, 0.1) is 25.1 Å². The molecule has 0 spiro atoms. The maximum atomic E-state index is 13.1. The SMILES string of the molecule is CCOC(=O)CCN(Cc1cccnc1)Cn1nc(C(=O)NC)c2ccccc2c1=O. The molecular weight excluding hydrogens is 398 g/mol. The third-order valence-electron chi connectivity index (χ3n) is 4.71. The van der Waals surface area contributed by atoms with Crippen molar-refractivity contribution in [3.63, 3.8) is 0 Å². The molecule has 0 aliphatic heterocycles. The number of pyridine rings is 1. The van der Waals surface area contributed by atoms with Crippen LogP contribution in [-0.4, -0.2) is 51.7 Å². The quantitative estimate of drug-likeness (QED) is 0.521. The Morgan fingerprint density at radius 3 is 2.61 bits per heavy atom. The van der Waals surface area contributed by atoms with E-state index in [1.54, 1.807) is 43.6 Å². The first-order valence-electron chi connectivity index (χ1n) is 10.0. The number of carbonyl (C=O) groups is 2. The summed E-state index contributed by atoms with van der Waals surface area (Å²) >= 11 is 0. The van der Waals surface area contributed by atoms with Crippen molar-refractivity contribution in [2.24, 2.45) is 0 Å².